The molecule has 1 fully saturated rings. The molecule has 2 heterocycles. The lowest BCUT2D eigenvalue weighted by atomic mass is 10.1. The fourth-order valence-electron chi connectivity index (χ4n) is 3.00. The van der Waals surface area contributed by atoms with E-state index in [0.717, 1.165) is 48.7 Å². The molecule has 1 unspecified atom stereocenters. The molecule has 0 bridgehead atoms. The van der Waals surface area contributed by atoms with Gasteiger partial charge in [-0.3, -0.25) is 4.79 Å². The third kappa shape index (κ3) is 3.69. The summed E-state index contributed by atoms with van der Waals surface area (Å²) in [6.07, 6.45) is 4.45. The summed E-state index contributed by atoms with van der Waals surface area (Å²) in [4.78, 5) is 14.0. The molecule has 0 aromatic heterocycles. The van der Waals surface area contributed by atoms with Crippen molar-refractivity contribution in [2.45, 2.75) is 31.8 Å². The maximum Gasteiger partial charge on any atom is 0.236 e. The summed E-state index contributed by atoms with van der Waals surface area (Å²) >= 11 is 5.98. The molecule has 0 spiro atoms. The number of likely N-dealkylation sites (tertiary alicyclic amines) is 1. The van der Waals surface area contributed by atoms with Gasteiger partial charge in [-0.2, -0.15) is 0 Å². The zero-order valence-corrected chi connectivity index (χ0v) is 12.9. The van der Waals surface area contributed by atoms with Gasteiger partial charge < -0.3 is 15.0 Å². The molecule has 2 aliphatic rings. The maximum absolute atomic E-state index is 12.0. The molecule has 0 saturated carbocycles. The molecule has 3 rings (SSSR count). The highest BCUT2D eigenvalue weighted by atomic mass is 35.5. The number of fused-ring (bicyclic) bond motifs is 1. The predicted molar refractivity (Wildman–Crippen MR) is 82.9 cm³/mol. The van der Waals surface area contributed by atoms with Gasteiger partial charge in [0.25, 0.3) is 0 Å². The van der Waals surface area contributed by atoms with Crippen LogP contribution in [0.2, 0.25) is 5.02 Å². The van der Waals surface area contributed by atoms with Gasteiger partial charge in [0.1, 0.15) is 11.9 Å². The van der Waals surface area contributed by atoms with Crippen molar-refractivity contribution in [2.75, 3.05) is 26.2 Å². The highest BCUT2D eigenvalue weighted by molar-refractivity contribution is 6.30. The monoisotopic (exact) mass is 308 g/mol. The summed E-state index contributed by atoms with van der Waals surface area (Å²) in [5.41, 5.74) is 1.15. The number of hydrogen-bond donors (Lipinski definition) is 1. The Labute approximate surface area is 130 Å². The molecule has 114 valence electrons. The van der Waals surface area contributed by atoms with Crippen molar-refractivity contribution in [3.05, 3.63) is 28.8 Å². The van der Waals surface area contributed by atoms with E-state index in [1.165, 1.54) is 6.42 Å². The number of amides is 1. The molecule has 1 atom stereocenters. The molecule has 5 heteroatoms. The SMILES string of the molecule is O=C(CNCC1Cc2cc(Cl)ccc2O1)N1CCCCC1. The molecular weight excluding hydrogens is 288 g/mol. The largest absolute Gasteiger partial charge is 0.488 e. The summed E-state index contributed by atoms with van der Waals surface area (Å²) < 4.78 is 5.84. The lowest BCUT2D eigenvalue weighted by molar-refractivity contribution is -0.131. The normalized spacial score (nSPS) is 21.0. The minimum Gasteiger partial charge on any atom is -0.488 e. The Kier molecular flexibility index (Phi) is 4.66. The van der Waals surface area contributed by atoms with Gasteiger partial charge in [-0.25, -0.2) is 0 Å². The third-order valence-corrected chi connectivity index (χ3v) is 4.36. The number of benzene rings is 1. The van der Waals surface area contributed by atoms with E-state index in [9.17, 15) is 4.79 Å². The molecular formula is C16H21ClN2O2. The van der Waals surface area contributed by atoms with Gasteiger partial charge in [-0.15, -0.1) is 0 Å². The van der Waals surface area contributed by atoms with Crippen LogP contribution in [-0.2, 0) is 11.2 Å². The average molecular weight is 309 g/mol. The summed E-state index contributed by atoms with van der Waals surface area (Å²) in [5, 5.41) is 3.97. The minimum atomic E-state index is 0.0904. The van der Waals surface area contributed by atoms with Crippen LogP contribution in [0.3, 0.4) is 0 Å². The van der Waals surface area contributed by atoms with Crippen molar-refractivity contribution in [1.82, 2.24) is 10.2 Å². The summed E-state index contributed by atoms with van der Waals surface area (Å²) in [7, 11) is 0. The van der Waals surface area contributed by atoms with Crippen molar-refractivity contribution in [3.8, 4) is 5.75 Å². The van der Waals surface area contributed by atoms with Gasteiger partial charge in [-0.05, 0) is 43.0 Å². The Morgan fingerprint density at radius 3 is 2.95 bits per heavy atom. The fourth-order valence-corrected chi connectivity index (χ4v) is 3.19. The Hall–Kier alpha value is -1.26. The third-order valence-electron chi connectivity index (χ3n) is 4.12. The van der Waals surface area contributed by atoms with E-state index >= 15 is 0 Å². The summed E-state index contributed by atoms with van der Waals surface area (Å²) in [5.74, 6) is 1.11. The standard InChI is InChI=1S/C16H21ClN2O2/c17-13-4-5-15-12(8-13)9-14(21-15)10-18-11-16(20)19-6-2-1-3-7-19/h4-5,8,14,18H,1-3,6-7,9-11H2. The topological polar surface area (TPSA) is 41.6 Å². The van der Waals surface area contributed by atoms with Crippen LogP contribution in [0, 0.1) is 0 Å². The lowest BCUT2D eigenvalue weighted by Gasteiger charge is -2.27. The minimum absolute atomic E-state index is 0.0904. The van der Waals surface area contributed by atoms with Crippen LogP contribution in [0.15, 0.2) is 18.2 Å². The van der Waals surface area contributed by atoms with E-state index in [0.29, 0.717) is 13.1 Å². The van der Waals surface area contributed by atoms with Crippen LogP contribution in [0.5, 0.6) is 5.75 Å². The van der Waals surface area contributed by atoms with Crippen molar-refractivity contribution >= 4 is 17.5 Å². The highest BCUT2D eigenvalue weighted by Crippen LogP contribution is 2.30. The second-order valence-electron chi connectivity index (χ2n) is 5.77. The van der Waals surface area contributed by atoms with Gasteiger partial charge in [0.15, 0.2) is 0 Å². The highest BCUT2D eigenvalue weighted by Gasteiger charge is 2.23. The van der Waals surface area contributed by atoms with Crippen LogP contribution in [0.1, 0.15) is 24.8 Å². The Morgan fingerprint density at radius 1 is 1.33 bits per heavy atom. The molecule has 2 aliphatic heterocycles. The summed E-state index contributed by atoms with van der Waals surface area (Å²) in [6.45, 7) is 2.90. The van der Waals surface area contributed by atoms with Gasteiger partial charge in [0.2, 0.25) is 5.91 Å². The molecule has 21 heavy (non-hydrogen) atoms. The molecule has 1 saturated heterocycles. The zero-order valence-electron chi connectivity index (χ0n) is 12.1. The fraction of sp³-hybridized carbons (Fsp3) is 0.562. The number of nitrogens with zero attached hydrogens (tertiary/aromatic N) is 1. The number of rotatable bonds is 4. The van der Waals surface area contributed by atoms with E-state index < -0.39 is 0 Å². The first kappa shape index (κ1) is 14.7. The van der Waals surface area contributed by atoms with Crippen LogP contribution in [-0.4, -0.2) is 43.1 Å². The Bertz CT molecular complexity index is 515. The molecule has 0 radical (unpaired) electrons. The van der Waals surface area contributed by atoms with Crippen LogP contribution in [0.4, 0.5) is 0 Å². The second kappa shape index (κ2) is 6.67. The quantitative estimate of drug-likeness (QED) is 0.927. The first-order chi connectivity index (χ1) is 10.2. The molecule has 1 N–H and O–H groups in total. The first-order valence-corrected chi connectivity index (χ1v) is 8.04. The molecule has 1 aromatic carbocycles. The Balaban J connectivity index is 1.42. The van der Waals surface area contributed by atoms with Gasteiger partial charge in [0.05, 0.1) is 6.54 Å². The van der Waals surface area contributed by atoms with E-state index in [2.05, 4.69) is 5.32 Å². The number of halogens is 1. The van der Waals surface area contributed by atoms with Crippen molar-refractivity contribution in [1.29, 1.82) is 0 Å². The van der Waals surface area contributed by atoms with Gasteiger partial charge >= 0.3 is 0 Å². The van der Waals surface area contributed by atoms with E-state index in [4.69, 9.17) is 16.3 Å². The molecule has 4 nitrogen and oxygen atoms in total. The number of carbonyl (C=O) groups excluding carboxylic acids is 1. The van der Waals surface area contributed by atoms with Crippen LogP contribution in [0.25, 0.3) is 0 Å². The number of hydrogen-bond acceptors (Lipinski definition) is 3. The predicted octanol–water partition coefficient (Wildman–Crippen LogP) is 2.25. The molecule has 1 aromatic rings. The molecule has 1 amide bonds. The number of ether oxygens (including phenoxy) is 1. The van der Waals surface area contributed by atoms with Crippen molar-refractivity contribution in [3.63, 3.8) is 0 Å². The first-order valence-electron chi connectivity index (χ1n) is 7.66. The van der Waals surface area contributed by atoms with Gasteiger partial charge in [-0.1, -0.05) is 11.6 Å². The van der Waals surface area contributed by atoms with Crippen molar-refractivity contribution in [2.24, 2.45) is 0 Å². The van der Waals surface area contributed by atoms with E-state index in [1.807, 2.05) is 23.1 Å². The lowest BCUT2D eigenvalue weighted by Crippen LogP contribution is -2.43. The number of nitrogens with one attached hydrogen (secondary N) is 1. The number of piperidine rings is 1. The van der Waals surface area contributed by atoms with Crippen LogP contribution < -0.4 is 10.1 Å². The van der Waals surface area contributed by atoms with Gasteiger partial charge in [0, 0.05) is 31.1 Å². The van der Waals surface area contributed by atoms with E-state index in [-0.39, 0.29) is 12.0 Å². The van der Waals surface area contributed by atoms with E-state index in [1.54, 1.807) is 0 Å². The summed E-state index contributed by atoms with van der Waals surface area (Å²) in [6, 6.07) is 5.71. The smallest absolute Gasteiger partial charge is 0.236 e. The zero-order chi connectivity index (χ0) is 14.7. The molecule has 0 aliphatic carbocycles. The second-order valence-corrected chi connectivity index (χ2v) is 6.20. The van der Waals surface area contributed by atoms with Crippen molar-refractivity contribution < 1.29 is 9.53 Å². The van der Waals surface area contributed by atoms with Crippen LogP contribution >= 0.6 is 11.6 Å². The maximum atomic E-state index is 12.0. The Morgan fingerprint density at radius 2 is 2.14 bits per heavy atom. The number of carbonyl (C=O) groups is 1. The average Bonchev–Trinajstić information content (AvgIpc) is 2.89.